The van der Waals surface area contributed by atoms with Gasteiger partial charge < -0.3 is 14.6 Å². The Morgan fingerprint density at radius 3 is 2.33 bits per heavy atom. The van der Waals surface area contributed by atoms with Crippen LogP contribution in [0.4, 0.5) is 0 Å². The molecule has 2 aliphatic heterocycles. The van der Waals surface area contributed by atoms with Gasteiger partial charge in [0, 0.05) is 24.6 Å². The Hall–Kier alpha value is -2.91. The number of carboxylic acid groups (broad SMARTS) is 1. The lowest BCUT2D eigenvalue weighted by Gasteiger charge is -2.30. The lowest BCUT2D eigenvalue weighted by molar-refractivity contribution is 0.0696. The molecule has 1 N–H and O–H groups in total. The second-order valence-electron chi connectivity index (χ2n) is 7.23. The number of piperidine rings is 1. The average molecular weight is 431 g/mol. The number of ether oxygens (including phenoxy) is 2. The van der Waals surface area contributed by atoms with E-state index < -0.39 is 16.0 Å². The molecule has 0 spiro atoms. The fourth-order valence-corrected chi connectivity index (χ4v) is 5.25. The molecule has 0 saturated carbocycles. The number of sulfonamides is 1. The van der Waals surface area contributed by atoms with E-state index in [0.717, 1.165) is 6.07 Å². The van der Waals surface area contributed by atoms with Crippen LogP contribution in [0.5, 0.6) is 11.5 Å². The highest BCUT2D eigenvalue weighted by Gasteiger charge is 2.33. The highest BCUT2D eigenvalue weighted by atomic mass is 32.2. The van der Waals surface area contributed by atoms with Gasteiger partial charge in [-0.2, -0.15) is 4.31 Å². The molecule has 4 rings (SSSR count). The number of Topliss-reactive ketones (excluding diaryl/α,β-unsaturated/α-hetero) is 1. The lowest BCUT2D eigenvalue weighted by atomic mass is 9.89. The molecular formula is C21H21NO7S. The molecule has 0 radical (unpaired) electrons. The van der Waals surface area contributed by atoms with Crippen LogP contribution in [0, 0.1) is 5.92 Å². The number of hydrogen-bond acceptors (Lipinski definition) is 6. The monoisotopic (exact) mass is 431 g/mol. The number of carboxylic acids is 1. The topological polar surface area (TPSA) is 110 Å². The molecule has 0 amide bonds. The molecule has 30 heavy (non-hydrogen) atoms. The van der Waals surface area contributed by atoms with Crippen LogP contribution in [0.3, 0.4) is 0 Å². The Morgan fingerprint density at radius 1 is 0.933 bits per heavy atom. The minimum Gasteiger partial charge on any atom is -0.486 e. The summed E-state index contributed by atoms with van der Waals surface area (Å²) in [6, 6.07) is 10.4. The van der Waals surface area contributed by atoms with Crippen LogP contribution in [0.2, 0.25) is 0 Å². The molecule has 0 unspecified atom stereocenters. The van der Waals surface area contributed by atoms with E-state index in [1.165, 1.54) is 22.5 Å². The highest BCUT2D eigenvalue weighted by Crippen LogP contribution is 2.33. The number of benzene rings is 2. The van der Waals surface area contributed by atoms with Crippen molar-refractivity contribution in [2.45, 2.75) is 17.7 Å². The van der Waals surface area contributed by atoms with Crippen molar-refractivity contribution in [1.29, 1.82) is 0 Å². The number of fused-ring (bicyclic) bond motifs is 1. The van der Waals surface area contributed by atoms with E-state index in [-0.39, 0.29) is 35.2 Å². The molecule has 0 atom stereocenters. The summed E-state index contributed by atoms with van der Waals surface area (Å²) >= 11 is 0. The molecule has 158 valence electrons. The first-order chi connectivity index (χ1) is 14.4. The predicted octanol–water partition coefficient (Wildman–Crippen LogP) is 2.44. The van der Waals surface area contributed by atoms with E-state index in [9.17, 15) is 18.0 Å². The summed E-state index contributed by atoms with van der Waals surface area (Å²) in [6.07, 6.45) is 0.788. The van der Waals surface area contributed by atoms with Crippen LogP contribution in [-0.4, -0.2) is 55.9 Å². The second-order valence-corrected chi connectivity index (χ2v) is 9.17. The van der Waals surface area contributed by atoms with E-state index in [0.29, 0.717) is 43.1 Å². The zero-order valence-electron chi connectivity index (χ0n) is 16.1. The van der Waals surface area contributed by atoms with Crippen molar-refractivity contribution in [2.75, 3.05) is 26.3 Å². The minimum absolute atomic E-state index is 0.0445. The van der Waals surface area contributed by atoms with Gasteiger partial charge in [0.2, 0.25) is 10.0 Å². The first kappa shape index (κ1) is 20.4. The zero-order valence-corrected chi connectivity index (χ0v) is 16.9. The van der Waals surface area contributed by atoms with Gasteiger partial charge in [0.15, 0.2) is 17.3 Å². The molecular weight excluding hydrogens is 410 g/mol. The summed E-state index contributed by atoms with van der Waals surface area (Å²) < 4.78 is 38.1. The number of carbonyl (C=O) groups is 2. The van der Waals surface area contributed by atoms with Crippen LogP contribution < -0.4 is 9.47 Å². The summed E-state index contributed by atoms with van der Waals surface area (Å²) in [5.74, 6) is -0.357. The van der Waals surface area contributed by atoms with Crippen molar-refractivity contribution >= 4 is 21.8 Å². The highest BCUT2D eigenvalue weighted by molar-refractivity contribution is 7.89. The Bertz CT molecular complexity index is 1090. The first-order valence-electron chi connectivity index (χ1n) is 9.63. The Morgan fingerprint density at radius 2 is 1.63 bits per heavy atom. The van der Waals surface area contributed by atoms with E-state index in [4.69, 9.17) is 14.6 Å². The predicted molar refractivity (Wildman–Crippen MR) is 107 cm³/mol. The number of hydrogen-bond donors (Lipinski definition) is 1. The van der Waals surface area contributed by atoms with Crippen LogP contribution >= 0.6 is 0 Å². The summed E-state index contributed by atoms with van der Waals surface area (Å²) in [5, 5.41) is 9.10. The summed E-state index contributed by atoms with van der Waals surface area (Å²) in [4.78, 5) is 24.0. The van der Waals surface area contributed by atoms with Gasteiger partial charge in [-0.1, -0.05) is 6.07 Å². The van der Waals surface area contributed by atoms with Crippen LogP contribution in [0.1, 0.15) is 33.6 Å². The maximum Gasteiger partial charge on any atom is 0.335 e. The van der Waals surface area contributed by atoms with E-state index in [1.807, 2.05) is 0 Å². The van der Waals surface area contributed by atoms with Crippen molar-refractivity contribution in [1.82, 2.24) is 4.31 Å². The van der Waals surface area contributed by atoms with Crippen molar-refractivity contribution in [3.05, 3.63) is 53.6 Å². The van der Waals surface area contributed by atoms with E-state index in [2.05, 4.69) is 0 Å². The molecule has 2 aromatic rings. The molecule has 2 aliphatic rings. The standard InChI is InChI=1S/C21H21NO7S/c23-20(15-4-5-18-19(13-15)29-11-10-28-18)14-6-8-22(9-7-14)30(26,27)17-3-1-2-16(12-17)21(24)25/h1-5,12-14H,6-11H2,(H,24,25). The van der Waals surface area contributed by atoms with Crippen molar-refractivity contribution in [3.63, 3.8) is 0 Å². The maximum atomic E-state index is 12.9. The fraction of sp³-hybridized carbons (Fsp3) is 0.333. The van der Waals surface area contributed by atoms with Gasteiger partial charge in [-0.25, -0.2) is 13.2 Å². The zero-order chi connectivity index (χ0) is 21.3. The SMILES string of the molecule is O=C(O)c1cccc(S(=O)(=O)N2CCC(C(=O)c3ccc4c(c3)OCCO4)CC2)c1. The van der Waals surface area contributed by atoms with Gasteiger partial charge in [0.1, 0.15) is 13.2 Å². The summed E-state index contributed by atoms with van der Waals surface area (Å²) in [5.41, 5.74) is 0.439. The summed E-state index contributed by atoms with van der Waals surface area (Å²) in [6.45, 7) is 1.30. The Balaban J connectivity index is 1.45. The third kappa shape index (κ3) is 3.90. The Kier molecular flexibility index (Phi) is 5.48. The fourth-order valence-electron chi connectivity index (χ4n) is 3.73. The molecule has 0 bridgehead atoms. The molecule has 2 heterocycles. The largest absolute Gasteiger partial charge is 0.486 e. The van der Waals surface area contributed by atoms with Gasteiger partial charge in [0.05, 0.1) is 10.5 Å². The van der Waals surface area contributed by atoms with Crippen LogP contribution in [0.25, 0.3) is 0 Å². The number of nitrogens with zero attached hydrogens (tertiary/aromatic N) is 1. The van der Waals surface area contributed by atoms with E-state index in [1.54, 1.807) is 18.2 Å². The first-order valence-corrected chi connectivity index (χ1v) is 11.1. The van der Waals surface area contributed by atoms with Crippen molar-refractivity contribution in [2.24, 2.45) is 5.92 Å². The average Bonchev–Trinajstić information content (AvgIpc) is 2.78. The Labute approximate surface area is 174 Å². The molecule has 0 aromatic heterocycles. The van der Waals surface area contributed by atoms with Gasteiger partial charge in [-0.15, -0.1) is 0 Å². The van der Waals surface area contributed by atoms with Crippen LogP contribution in [0.15, 0.2) is 47.4 Å². The molecule has 2 aromatic carbocycles. The molecule has 0 aliphatic carbocycles. The second kappa shape index (κ2) is 8.08. The third-order valence-electron chi connectivity index (χ3n) is 5.37. The quantitative estimate of drug-likeness (QED) is 0.724. The maximum absolute atomic E-state index is 12.9. The van der Waals surface area contributed by atoms with Gasteiger partial charge in [-0.3, -0.25) is 4.79 Å². The lowest BCUT2D eigenvalue weighted by Crippen LogP contribution is -2.40. The minimum atomic E-state index is -3.82. The number of rotatable bonds is 5. The van der Waals surface area contributed by atoms with Gasteiger partial charge >= 0.3 is 5.97 Å². The van der Waals surface area contributed by atoms with Crippen molar-refractivity contribution < 1.29 is 32.6 Å². The molecule has 1 fully saturated rings. The number of aromatic carboxylic acids is 1. The number of ketones is 1. The van der Waals surface area contributed by atoms with Crippen LogP contribution in [-0.2, 0) is 10.0 Å². The van der Waals surface area contributed by atoms with E-state index >= 15 is 0 Å². The number of carbonyl (C=O) groups excluding carboxylic acids is 1. The normalized spacial score (nSPS) is 17.5. The molecule has 1 saturated heterocycles. The molecule has 8 nitrogen and oxygen atoms in total. The summed E-state index contributed by atoms with van der Waals surface area (Å²) in [7, 11) is -3.82. The smallest absolute Gasteiger partial charge is 0.335 e. The van der Waals surface area contributed by atoms with Crippen molar-refractivity contribution in [3.8, 4) is 11.5 Å². The van der Waals surface area contributed by atoms with Gasteiger partial charge in [-0.05, 0) is 49.2 Å². The molecule has 9 heteroatoms. The van der Waals surface area contributed by atoms with Gasteiger partial charge in [0.25, 0.3) is 0 Å². The third-order valence-corrected chi connectivity index (χ3v) is 7.26.